The van der Waals surface area contributed by atoms with Gasteiger partial charge in [0.1, 0.15) is 11.5 Å². The normalized spacial score (nSPS) is 15.1. The molecule has 0 radical (unpaired) electrons. The van der Waals surface area contributed by atoms with Crippen LogP contribution in [0.2, 0.25) is 0 Å². The minimum atomic E-state index is -0.812. The van der Waals surface area contributed by atoms with Gasteiger partial charge in [0.2, 0.25) is 0 Å². The first-order valence-corrected chi connectivity index (χ1v) is 7.44. The minimum Gasteiger partial charge on any atom is -0.497 e. The summed E-state index contributed by atoms with van der Waals surface area (Å²) in [4.78, 5) is 23.5. The lowest BCUT2D eigenvalue weighted by Crippen LogP contribution is -2.36. The Balaban J connectivity index is 1.93. The number of ether oxygens (including phenoxy) is 3. The zero-order valence-corrected chi connectivity index (χ0v) is 13.5. The van der Waals surface area contributed by atoms with E-state index < -0.39 is 12.1 Å². The molecule has 1 aromatic carbocycles. The molecule has 1 fully saturated rings. The van der Waals surface area contributed by atoms with Crippen LogP contribution in [-0.2, 0) is 14.3 Å². The zero-order valence-electron chi connectivity index (χ0n) is 13.5. The predicted molar refractivity (Wildman–Crippen MR) is 85.3 cm³/mol. The van der Waals surface area contributed by atoms with Gasteiger partial charge in [0.15, 0.2) is 6.10 Å². The fraction of sp³-hybridized carbons (Fsp3) is 0.412. The summed E-state index contributed by atoms with van der Waals surface area (Å²) in [5.41, 5.74) is 0.730. The fourth-order valence-electron chi connectivity index (χ4n) is 1.90. The second-order valence-electron chi connectivity index (χ2n) is 5.34. The van der Waals surface area contributed by atoms with Gasteiger partial charge in [-0.15, -0.1) is 0 Å². The van der Waals surface area contributed by atoms with Crippen LogP contribution in [0.15, 0.2) is 24.3 Å². The molecule has 0 bridgehead atoms. The number of hydrogen-bond donors (Lipinski definition) is 1. The van der Waals surface area contributed by atoms with E-state index >= 15 is 0 Å². The third-order valence-electron chi connectivity index (χ3n) is 3.37. The molecule has 6 heteroatoms. The number of esters is 1. The zero-order chi connectivity index (χ0) is 16.8. The standard InChI is InChI=1S/C17H21NO5/c1-11(17(20)18-13-5-6-13)23-16(19)7-4-12-8-14(21-2)10-15(9-12)22-3/h4,7-11,13H,5-6H2,1-3H3,(H,18,20)/b7-4+/t11-/m0/s1. The van der Waals surface area contributed by atoms with Crippen molar-refractivity contribution in [2.24, 2.45) is 0 Å². The van der Waals surface area contributed by atoms with E-state index in [0.29, 0.717) is 11.5 Å². The molecule has 0 aromatic heterocycles. The van der Waals surface area contributed by atoms with Crippen LogP contribution in [0.4, 0.5) is 0 Å². The van der Waals surface area contributed by atoms with Crippen molar-refractivity contribution >= 4 is 18.0 Å². The van der Waals surface area contributed by atoms with Crippen molar-refractivity contribution in [3.8, 4) is 11.5 Å². The maximum atomic E-state index is 11.8. The van der Waals surface area contributed by atoms with Gasteiger partial charge in [0.25, 0.3) is 5.91 Å². The maximum Gasteiger partial charge on any atom is 0.331 e. The first kappa shape index (κ1) is 16.9. The van der Waals surface area contributed by atoms with Crippen LogP contribution < -0.4 is 14.8 Å². The SMILES string of the molecule is COc1cc(/C=C/C(=O)O[C@@H](C)C(=O)NC2CC2)cc(OC)c1. The van der Waals surface area contributed by atoms with Crippen molar-refractivity contribution in [1.29, 1.82) is 0 Å². The molecule has 1 atom stereocenters. The van der Waals surface area contributed by atoms with Crippen LogP contribution in [0.5, 0.6) is 11.5 Å². The Morgan fingerprint density at radius 1 is 1.17 bits per heavy atom. The number of nitrogens with one attached hydrogen (secondary N) is 1. The van der Waals surface area contributed by atoms with Crippen molar-refractivity contribution < 1.29 is 23.8 Å². The lowest BCUT2D eigenvalue weighted by molar-refractivity contribution is -0.150. The second-order valence-corrected chi connectivity index (χ2v) is 5.34. The van der Waals surface area contributed by atoms with Crippen LogP contribution in [-0.4, -0.2) is 38.2 Å². The van der Waals surface area contributed by atoms with Gasteiger partial charge in [0.05, 0.1) is 14.2 Å². The average molecular weight is 319 g/mol. The van der Waals surface area contributed by atoms with Gasteiger partial charge in [-0.25, -0.2) is 4.79 Å². The third-order valence-corrected chi connectivity index (χ3v) is 3.37. The maximum absolute atomic E-state index is 11.8. The summed E-state index contributed by atoms with van der Waals surface area (Å²) >= 11 is 0. The lowest BCUT2D eigenvalue weighted by Gasteiger charge is -2.11. The van der Waals surface area contributed by atoms with Crippen LogP contribution in [0.3, 0.4) is 0 Å². The van der Waals surface area contributed by atoms with Crippen LogP contribution in [0.1, 0.15) is 25.3 Å². The average Bonchev–Trinajstić information content (AvgIpc) is 3.36. The van der Waals surface area contributed by atoms with Crippen LogP contribution in [0, 0.1) is 0 Å². The molecule has 0 spiro atoms. The molecule has 1 aliphatic rings. The number of hydrogen-bond acceptors (Lipinski definition) is 5. The topological polar surface area (TPSA) is 73.9 Å². The van der Waals surface area contributed by atoms with Gasteiger partial charge in [-0.3, -0.25) is 4.79 Å². The summed E-state index contributed by atoms with van der Waals surface area (Å²) in [7, 11) is 3.10. The number of carbonyl (C=O) groups is 2. The molecule has 6 nitrogen and oxygen atoms in total. The predicted octanol–water partition coefficient (Wildman–Crippen LogP) is 1.93. The summed E-state index contributed by atoms with van der Waals surface area (Å²) < 4.78 is 15.4. The van der Waals surface area contributed by atoms with Gasteiger partial charge < -0.3 is 19.5 Å². The summed E-state index contributed by atoms with van der Waals surface area (Å²) in [6.07, 6.45) is 4.02. The van der Waals surface area contributed by atoms with Crippen molar-refractivity contribution in [2.75, 3.05) is 14.2 Å². The van der Waals surface area contributed by atoms with E-state index in [1.165, 1.54) is 6.08 Å². The van der Waals surface area contributed by atoms with E-state index in [-0.39, 0.29) is 11.9 Å². The first-order chi connectivity index (χ1) is 11.0. The van der Waals surface area contributed by atoms with Gasteiger partial charge in [-0.2, -0.15) is 0 Å². The molecule has 1 saturated carbocycles. The Bertz CT molecular complexity index is 585. The highest BCUT2D eigenvalue weighted by atomic mass is 16.5. The molecule has 1 aliphatic carbocycles. The van der Waals surface area contributed by atoms with Crippen molar-refractivity contribution in [3.63, 3.8) is 0 Å². The molecule has 1 N–H and O–H groups in total. The Hall–Kier alpha value is -2.50. The Kier molecular flexibility index (Phi) is 5.62. The van der Waals surface area contributed by atoms with Crippen molar-refractivity contribution in [1.82, 2.24) is 5.32 Å². The van der Waals surface area contributed by atoms with Gasteiger partial charge >= 0.3 is 5.97 Å². The Morgan fingerprint density at radius 3 is 2.30 bits per heavy atom. The molecule has 1 amide bonds. The fourth-order valence-corrected chi connectivity index (χ4v) is 1.90. The summed E-state index contributed by atoms with van der Waals surface area (Å²) in [6, 6.07) is 5.49. The van der Waals surface area contributed by atoms with Crippen molar-refractivity contribution in [2.45, 2.75) is 31.9 Å². The smallest absolute Gasteiger partial charge is 0.331 e. The molecular formula is C17H21NO5. The highest BCUT2D eigenvalue weighted by Crippen LogP contribution is 2.23. The van der Waals surface area contributed by atoms with E-state index in [4.69, 9.17) is 14.2 Å². The van der Waals surface area contributed by atoms with E-state index in [1.54, 1.807) is 45.4 Å². The van der Waals surface area contributed by atoms with E-state index in [0.717, 1.165) is 18.4 Å². The third kappa shape index (κ3) is 5.32. The Morgan fingerprint density at radius 2 is 1.78 bits per heavy atom. The van der Waals surface area contributed by atoms with E-state index in [1.807, 2.05) is 0 Å². The highest BCUT2D eigenvalue weighted by molar-refractivity contribution is 5.90. The molecule has 0 aliphatic heterocycles. The first-order valence-electron chi connectivity index (χ1n) is 7.44. The van der Waals surface area contributed by atoms with Gasteiger partial charge in [0, 0.05) is 18.2 Å². The van der Waals surface area contributed by atoms with Gasteiger partial charge in [-0.1, -0.05) is 0 Å². The lowest BCUT2D eigenvalue weighted by atomic mass is 10.2. The minimum absolute atomic E-state index is 0.239. The molecule has 0 heterocycles. The molecule has 2 rings (SSSR count). The summed E-state index contributed by atoms with van der Waals surface area (Å²) in [5, 5.41) is 2.79. The molecule has 124 valence electrons. The van der Waals surface area contributed by atoms with E-state index in [9.17, 15) is 9.59 Å². The number of methoxy groups -OCH3 is 2. The quantitative estimate of drug-likeness (QED) is 0.614. The van der Waals surface area contributed by atoms with E-state index in [2.05, 4.69) is 5.32 Å². The molecule has 0 unspecified atom stereocenters. The molecule has 23 heavy (non-hydrogen) atoms. The number of rotatable bonds is 7. The monoisotopic (exact) mass is 319 g/mol. The summed E-state index contributed by atoms with van der Waals surface area (Å²) in [6.45, 7) is 1.55. The van der Waals surface area contributed by atoms with Crippen LogP contribution in [0.25, 0.3) is 6.08 Å². The summed E-state index contributed by atoms with van der Waals surface area (Å²) in [5.74, 6) is 0.395. The molecule has 0 saturated heterocycles. The molecule has 1 aromatic rings. The number of benzene rings is 1. The van der Waals surface area contributed by atoms with Crippen LogP contribution >= 0.6 is 0 Å². The largest absolute Gasteiger partial charge is 0.497 e. The highest BCUT2D eigenvalue weighted by Gasteiger charge is 2.26. The van der Waals surface area contributed by atoms with Gasteiger partial charge in [-0.05, 0) is 43.5 Å². The molecular weight excluding hydrogens is 298 g/mol. The Labute approximate surface area is 135 Å². The van der Waals surface area contributed by atoms with Crippen molar-refractivity contribution in [3.05, 3.63) is 29.8 Å². The second kappa shape index (κ2) is 7.67. The number of amides is 1. The number of carbonyl (C=O) groups excluding carboxylic acids is 2.